The molecular weight excluding hydrogens is 208 g/mol. The van der Waals surface area contributed by atoms with E-state index in [2.05, 4.69) is 43.9 Å². The lowest BCUT2D eigenvalue weighted by Gasteiger charge is -2.28. The third-order valence-electron chi connectivity index (χ3n) is 4.09. The summed E-state index contributed by atoms with van der Waals surface area (Å²) in [4.78, 5) is 2.57. The highest BCUT2D eigenvalue weighted by atomic mass is 15.2. The van der Waals surface area contributed by atoms with E-state index in [1.165, 1.54) is 29.7 Å². The SMILES string of the molecule is CCN1CCC(CN)C1c1cc(C)ccc1C. The number of benzene rings is 1. The number of hydrogen-bond donors (Lipinski definition) is 1. The Hall–Kier alpha value is -0.860. The zero-order chi connectivity index (χ0) is 12.4. The van der Waals surface area contributed by atoms with Crippen LogP contribution in [0.4, 0.5) is 0 Å². The van der Waals surface area contributed by atoms with Gasteiger partial charge in [-0.05, 0) is 56.9 Å². The Balaban J connectivity index is 2.37. The fourth-order valence-corrected chi connectivity index (χ4v) is 3.06. The highest BCUT2D eigenvalue weighted by Crippen LogP contribution is 2.38. The van der Waals surface area contributed by atoms with Crippen molar-refractivity contribution in [1.29, 1.82) is 0 Å². The van der Waals surface area contributed by atoms with Crippen LogP contribution >= 0.6 is 0 Å². The standard InChI is InChI=1S/C15H24N2/c1-4-17-8-7-13(10-16)15(17)14-9-11(2)5-6-12(14)3/h5-6,9,13,15H,4,7-8,10,16H2,1-3H3. The zero-order valence-corrected chi connectivity index (χ0v) is 11.2. The monoisotopic (exact) mass is 232 g/mol. The van der Waals surface area contributed by atoms with Gasteiger partial charge in [0.25, 0.3) is 0 Å². The summed E-state index contributed by atoms with van der Waals surface area (Å²) >= 11 is 0. The van der Waals surface area contributed by atoms with Crippen LogP contribution in [0.25, 0.3) is 0 Å². The van der Waals surface area contributed by atoms with Gasteiger partial charge in [0.2, 0.25) is 0 Å². The van der Waals surface area contributed by atoms with Gasteiger partial charge in [-0.15, -0.1) is 0 Å². The van der Waals surface area contributed by atoms with Gasteiger partial charge in [-0.3, -0.25) is 4.90 Å². The van der Waals surface area contributed by atoms with E-state index in [9.17, 15) is 0 Å². The maximum Gasteiger partial charge on any atom is 0.0391 e. The van der Waals surface area contributed by atoms with E-state index < -0.39 is 0 Å². The van der Waals surface area contributed by atoms with E-state index in [1.807, 2.05) is 0 Å². The van der Waals surface area contributed by atoms with Gasteiger partial charge in [0.05, 0.1) is 0 Å². The van der Waals surface area contributed by atoms with Gasteiger partial charge >= 0.3 is 0 Å². The molecule has 1 saturated heterocycles. The Morgan fingerprint density at radius 2 is 2.12 bits per heavy atom. The molecule has 1 fully saturated rings. The largest absolute Gasteiger partial charge is 0.330 e. The Bertz CT molecular complexity index is 375. The quantitative estimate of drug-likeness (QED) is 0.868. The molecule has 2 N–H and O–H groups in total. The van der Waals surface area contributed by atoms with Crippen molar-refractivity contribution in [2.75, 3.05) is 19.6 Å². The van der Waals surface area contributed by atoms with Crippen molar-refractivity contribution in [2.24, 2.45) is 11.7 Å². The first-order chi connectivity index (χ1) is 8.17. The molecule has 17 heavy (non-hydrogen) atoms. The first-order valence-corrected chi connectivity index (χ1v) is 6.68. The van der Waals surface area contributed by atoms with Crippen LogP contribution in [0.1, 0.15) is 36.1 Å². The molecule has 2 atom stereocenters. The number of rotatable bonds is 3. The minimum atomic E-state index is 0.532. The van der Waals surface area contributed by atoms with Gasteiger partial charge in [-0.25, -0.2) is 0 Å². The van der Waals surface area contributed by atoms with Crippen molar-refractivity contribution < 1.29 is 0 Å². The van der Waals surface area contributed by atoms with Crippen molar-refractivity contribution in [3.63, 3.8) is 0 Å². The van der Waals surface area contributed by atoms with Gasteiger partial charge in [-0.2, -0.15) is 0 Å². The molecule has 94 valence electrons. The Morgan fingerprint density at radius 1 is 1.35 bits per heavy atom. The molecule has 2 nitrogen and oxygen atoms in total. The fraction of sp³-hybridized carbons (Fsp3) is 0.600. The summed E-state index contributed by atoms with van der Waals surface area (Å²) in [5.41, 5.74) is 10.2. The molecular formula is C15H24N2. The summed E-state index contributed by atoms with van der Waals surface area (Å²) in [6.45, 7) is 9.75. The van der Waals surface area contributed by atoms with E-state index in [0.717, 1.165) is 13.1 Å². The summed E-state index contributed by atoms with van der Waals surface area (Å²) < 4.78 is 0. The Morgan fingerprint density at radius 3 is 2.76 bits per heavy atom. The maximum absolute atomic E-state index is 5.94. The van der Waals surface area contributed by atoms with E-state index in [1.54, 1.807) is 0 Å². The number of aryl methyl sites for hydroxylation is 2. The first kappa shape index (κ1) is 12.6. The molecule has 2 unspecified atom stereocenters. The van der Waals surface area contributed by atoms with Crippen LogP contribution in [0, 0.1) is 19.8 Å². The Kier molecular flexibility index (Phi) is 3.85. The van der Waals surface area contributed by atoms with Gasteiger partial charge in [-0.1, -0.05) is 30.7 Å². The average Bonchev–Trinajstić information content (AvgIpc) is 2.74. The van der Waals surface area contributed by atoms with Crippen LogP contribution in [-0.2, 0) is 0 Å². The third kappa shape index (κ3) is 2.38. The lowest BCUT2D eigenvalue weighted by Crippen LogP contribution is -2.28. The van der Waals surface area contributed by atoms with Crippen LogP contribution < -0.4 is 5.73 Å². The fourth-order valence-electron chi connectivity index (χ4n) is 3.06. The van der Waals surface area contributed by atoms with Crippen molar-refractivity contribution in [3.8, 4) is 0 Å². The summed E-state index contributed by atoms with van der Waals surface area (Å²) in [5, 5.41) is 0. The minimum absolute atomic E-state index is 0.532. The molecule has 1 aliphatic heterocycles. The van der Waals surface area contributed by atoms with Crippen molar-refractivity contribution in [3.05, 3.63) is 34.9 Å². The topological polar surface area (TPSA) is 29.3 Å². The van der Waals surface area contributed by atoms with E-state index in [-0.39, 0.29) is 0 Å². The number of nitrogens with zero attached hydrogens (tertiary/aromatic N) is 1. The van der Waals surface area contributed by atoms with Crippen molar-refractivity contribution in [2.45, 2.75) is 33.2 Å². The molecule has 0 bridgehead atoms. The molecule has 0 amide bonds. The van der Waals surface area contributed by atoms with E-state index in [4.69, 9.17) is 5.73 Å². The van der Waals surface area contributed by atoms with Crippen LogP contribution in [0.5, 0.6) is 0 Å². The number of hydrogen-bond acceptors (Lipinski definition) is 2. The molecule has 0 aromatic heterocycles. The molecule has 0 radical (unpaired) electrons. The summed E-state index contributed by atoms with van der Waals surface area (Å²) in [6, 6.07) is 7.31. The van der Waals surface area contributed by atoms with Gasteiger partial charge in [0, 0.05) is 6.04 Å². The maximum atomic E-state index is 5.94. The predicted molar refractivity (Wildman–Crippen MR) is 73.1 cm³/mol. The first-order valence-electron chi connectivity index (χ1n) is 6.68. The van der Waals surface area contributed by atoms with E-state index in [0.29, 0.717) is 12.0 Å². The number of nitrogens with two attached hydrogens (primary N) is 1. The highest BCUT2D eigenvalue weighted by molar-refractivity contribution is 5.34. The molecule has 1 heterocycles. The highest BCUT2D eigenvalue weighted by Gasteiger charge is 2.34. The second-order valence-electron chi connectivity index (χ2n) is 5.22. The van der Waals surface area contributed by atoms with Crippen LogP contribution in [0.2, 0.25) is 0 Å². The van der Waals surface area contributed by atoms with Crippen LogP contribution in [0.15, 0.2) is 18.2 Å². The Labute approximate surface area is 105 Å². The molecule has 2 rings (SSSR count). The molecule has 1 aliphatic rings. The molecule has 0 spiro atoms. The van der Waals surface area contributed by atoms with Crippen molar-refractivity contribution >= 4 is 0 Å². The molecule has 2 heteroatoms. The molecule has 0 saturated carbocycles. The molecule has 1 aromatic carbocycles. The summed E-state index contributed by atoms with van der Waals surface area (Å²) in [5.74, 6) is 0.621. The van der Waals surface area contributed by atoms with E-state index >= 15 is 0 Å². The lowest BCUT2D eigenvalue weighted by atomic mass is 9.90. The lowest BCUT2D eigenvalue weighted by molar-refractivity contribution is 0.241. The average molecular weight is 232 g/mol. The van der Waals surface area contributed by atoms with Crippen LogP contribution in [0.3, 0.4) is 0 Å². The van der Waals surface area contributed by atoms with Crippen molar-refractivity contribution in [1.82, 2.24) is 4.90 Å². The van der Waals surface area contributed by atoms with Crippen LogP contribution in [-0.4, -0.2) is 24.5 Å². The zero-order valence-electron chi connectivity index (χ0n) is 11.2. The van der Waals surface area contributed by atoms with Gasteiger partial charge < -0.3 is 5.73 Å². The third-order valence-corrected chi connectivity index (χ3v) is 4.09. The smallest absolute Gasteiger partial charge is 0.0391 e. The second-order valence-corrected chi connectivity index (χ2v) is 5.22. The molecule has 1 aromatic rings. The minimum Gasteiger partial charge on any atom is -0.330 e. The summed E-state index contributed by atoms with van der Waals surface area (Å²) in [6.07, 6.45) is 1.24. The summed E-state index contributed by atoms with van der Waals surface area (Å²) in [7, 11) is 0. The normalized spacial score (nSPS) is 25.4. The predicted octanol–water partition coefficient (Wildman–Crippen LogP) is 2.65. The van der Waals surface area contributed by atoms with Gasteiger partial charge in [0.1, 0.15) is 0 Å². The molecule has 0 aliphatic carbocycles. The number of likely N-dealkylation sites (tertiary alicyclic amines) is 1. The second kappa shape index (κ2) is 5.19. The van der Waals surface area contributed by atoms with Gasteiger partial charge in [0.15, 0.2) is 0 Å².